The number of hydrogen-bond donors (Lipinski definition) is 0. The molecule has 47 heavy (non-hydrogen) atoms. The molecule has 5 aromatic rings. The normalized spacial score (nSPS) is 24.6. The lowest BCUT2D eigenvalue weighted by atomic mass is 9.59. The summed E-state index contributed by atoms with van der Waals surface area (Å²) in [5.74, 6) is -3.80. The SMILES string of the molecule is Cc1ccc(N2C(=O)[C@H]3[C@H](C2=O)[C@@]2(c4ccccc4)C(=O)[C@@]3(c3ccccc3)C(c3ccccc3)=C2c2ccccc2)c([N+](=O)[O-])c1. The zero-order valence-electron chi connectivity index (χ0n) is 25.4. The summed E-state index contributed by atoms with van der Waals surface area (Å²) in [6, 6.07) is 42.1. The number of allylic oxidation sites excluding steroid dienone is 2. The second-order valence-corrected chi connectivity index (χ2v) is 12.4. The fourth-order valence-corrected chi connectivity index (χ4v) is 8.54. The number of nitrogens with zero attached hydrogens (tertiary/aromatic N) is 2. The highest BCUT2D eigenvalue weighted by Gasteiger charge is 2.83. The van der Waals surface area contributed by atoms with Crippen molar-refractivity contribution in [3.05, 3.63) is 177 Å². The third-order valence-corrected chi connectivity index (χ3v) is 10.1. The predicted octanol–water partition coefficient (Wildman–Crippen LogP) is 7.09. The monoisotopic (exact) mass is 616 g/mol. The fourth-order valence-electron chi connectivity index (χ4n) is 8.54. The van der Waals surface area contributed by atoms with Gasteiger partial charge in [-0.05, 0) is 52.0 Å². The number of carbonyl (C=O) groups excluding carboxylic acids is 3. The van der Waals surface area contributed by atoms with E-state index >= 15 is 14.4 Å². The third kappa shape index (κ3) is 3.59. The highest BCUT2D eigenvalue weighted by atomic mass is 16.6. The van der Waals surface area contributed by atoms with Gasteiger partial charge in [0.05, 0.1) is 27.6 Å². The molecular weight excluding hydrogens is 588 g/mol. The van der Waals surface area contributed by atoms with E-state index in [4.69, 9.17) is 0 Å². The van der Waals surface area contributed by atoms with Crippen LogP contribution in [0.3, 0.4) is 0 Å². The summed E-state index contributed by atoms with van der Waals surface area (Å²) < 4.78 is 0. The Morgan fingerprint density at radius 2 is 1.00 bits per heavy atom. The van der Waals surface area contributed by atoms with Crippen molar-refractivity contribution in [2.75, 3.05) is 4.90 Å². The molecule has 7 heteroatoms. The van der Waals surface area contributed by atoms with E-state index in [1.54, 1.807) is 13.0 Å². The molecule has 5 aromatic carbocycles. The summed E-state index contributed by atoms with van der Waals surface area (Å²) in [7, 11) is 0. The molecule has 7 nitrogen and oxygen atoms in total. The van der Waals surface area contributed by atoms with Crippen LogP contribution in [0.25, 0.3) is 11.1 Å². The summed E-state index contributed by atoms with van der Waals surface area (Å²) in [6.07, 6.45) is 0. The first-order valence-electron chi connectivity index (χ1n) is 15.5. The van der Waals surface area contributed by atoms with Crippen LogP contribution < -0.4 is 4.90 Å². The Morgan fingerprint density at radius 3 is 1.40 bits per heavy atom. The number of rotatable bonds is 6. The van der Waals surface area contributed by atoms with E-state index in [1.165, 1.54) is 12.1 Å². The minimum absolute atomic E-state index is 0.0919. The largest absolute Gasteiger partial charge is 0.297 e. The number of Topliss-reactive ketones (excluding diaryl/α,β-unsaturated/α-hetero) is 1. The zero-order chi connectivity index (χ0) is 32.5. The standard InChI is InChI=1S/C40H28N2O5/c1-25-22-23-30(31(24-25)42(46)47)41-36(43)34-35(37(41)44)40(29-20-12-5-13-21-29)33(27-16-8-3-9-17-27)32(26-14-6-2-7-15-26)39(34,38(40)45)28-18-10-4-11-19-28/h2-24,34-35H,1H3/t34-,35-,39+,40+/m1/s1. The van der Waals surface area contributed by atoms with Crippen molar-refractivity contribution in [3.8, 4) is 0 Å². The number of aryl methyl sites for hydroxylation is 1. The number of amides is 2. The first-order valence-corrected chi connectivity index (χ1v) is 15.5. The van der Waals surface area contributed by atoms with Crippen molar-refractivity contribution in [2.24, 2.45) is 11.8 Å². The number of anilines is 1. The second-order valence-electron chi connectivity index (χ2n) is 12.4. The Balaban J connectivity index is 1.55. The van der Waals surface area contributed by atoms with Gasteiger partial charge in [0.2, 0.25) is 11.8 Å². The zero-order valence-corrected chi connectivity index (χ0v) is 25.4. The van der Waals surface area contributed by atoms with E-state index in [1.807, 2.05) is 121 Å². The van der Waals surface area contributed by atoms with Crippen LogP contribution in [-0.4, -0.2) is 22.5 Å². The van der Waals surface area contributed by atoms with E-state index in [-0.39, 0.29) is 17.2 Å². The molecule has 0 unspecified atom stereocenters. The van der Waals surface area contributed by atoms with Gasteiger partial charge in [0, 0.05) is 6.07 Å². The Labute approximate surface area is 270 Å². The minimum Gasteiger partial charge on any atom is -0.297 e. The molecule has 1 aliphatic heterocycles. The van der Waals surface area contributed by atoms with Gasteiger partial charge in [0.1, 0.15) is 5.69 Å². The topological polar surface area (TPSA) is 97.6 Å². The molecule has 228 valence electrons. The Hall–Kier alpha value is -5.95. The summed E-state index contributed by atoms with van der Waals surface area (Å²) in [5, 5.41) is 12.3. The van der Waals surface area contributed by atoms with Gasteiger partial charge < -0.3 is 0 Å². The molecule has 2 bridgehead atoms. The summed E-state index contributed by atoms with van der Waals surface area (Å²) in [6.45, 7) is 1.72. The van der Waals surface area contributed by atoms with Gasteiger partial charge in [-0.15, -0.1) is 0 Å². The lowest BCUT2D eigenvalue weighted by Gasteiger charge is -2.39. The Bertz CT molecular complexity index is 2030. The van der Waals surface area contributed by atoms with Crippen LogP contribution in [0.1, 0.15) is 27.8 Å². The van der Waals surface area contributed by atoms with Crippen molar-refractivity contribution >= 4 is 40.1 Å². The smallest absolute Gasteiger partial charge is 0.293 e. The molecule has 0 N–H and O–H groups in total. The number of imide groups is 1. The second kappa shape index (κ2) is 10.3. The van der Waals surface area contributed by atoms with E-state index in [9.17, 15) is 10.1 Å². The number of hydrogen-bond acceptors (Lipinski definition) is 5. The minimum atomic E-state index is -1.57. The summed E-state index contributed by atoms with van der Waals surface area (Å²) in [5.41, 5.74) is 1.12. The van der Waals surface area contributed by atoms with Crippen molar-refractivity contribution in [2.45, 2.75) is 17.8 Å². The van der Waals surface area contributed by atoms with Crippen molar-refractivity contribution in [1.29, 1.82) is 0 Å². The average Bonchev–Trinajstić information content (AvgIpc) is 3.62. The average molecular weight is 617 g/mol. The Kier molecular flexibility index (Phi) is 6.24. The highest BCUT2D eigenvalue weighted by Crippen LogP contribution is 2.74. The highest BCUT2D eigenvalue weighted by molar-refractivity contribution is 6.39. The first-order chi connectivity index (χ1) is 22.8. The Morgan fingerprint density at radius 1 is 0.596 bits per heavy atom. The molecule has 3 aliphatic rings. The van der Waals surface area contributed by atoms with Gasteiger partial charge in [-0.25, -0.2) is 4.90 Å². The predicted molar refractivity (Wildman–Crippen MR) is 178 cm³/mol. The van der Waals surface area contributed by atoms with E-state index < -0.39 is 39.4 Å². The number of nitro groups is 1. The van der Waals surface area contributed by atoms with E-state index in [0.717, 1.165) is 16.0 Å². The fraction of sp³-hybridized carbons (Fsp3) is 0.125. The summed E-state index contributed by atoms with van der Waals surface area (Å²) >= 11 is 0. The van der Waals surface area contributed by atoms with Crippen LogP contribution in [0.2, 0.25) is 0 Å². The lowest BCUT2D eigenvalue weighted by molar-refractivity contribution is -0.384. The molecule has 1 saturated heterocycles. The van der Waals surface area contributed by atoms with Crippen molar-refractivity contribution < 1.29 is 19.3 Å². The summed E-state index contributed by atoms with van der Waals surface area (Å²) in [4.78, 5) is 58.7. The van der Waals surface area contributed by atoms with Gasteiger partial charge in [-0.1, -0.05) is 127 Å². The molecule has 0 radical (unpaired) electrons. The molecule has 1 saturated carbocycles. The molecule has 0 spiro atoms. The van der Waals surface area contributed by atoms with Crippen LogP contribution in [0.15, 0.2) is 140 Å². The van der Waals surface area contributed by atoms with Crippen LogP contribution in [0, 0.1) is 28.9 Å². The number of fused-ring (bicyclic) bond motifs is 5. The third-order valence-electron chi connectivity index (χ3n) is 10.1. The van der Waals surface area contributed by atoms with Crippen LogP contribution in [-0.2, 0) is 25.2 Å². The number of carbonyl (C=O) groups is 3. The van der Waals surface area contributed by atoms with Crippen LogP contribution >= 0.6 is 0 Å². The lowest BCUT2D eigenvalue weighted by Crippen LogP contribution is -2.45. The first kappa shape index (κ1) is 28.5. The molecule has 4 atom stereocenters. The maximum Gasteiger partial charge on any atom is 0.293 e. The molecule has 2 aliphatic carbocycles. The van der Waals surface area contributed by atoms with Crippen molar-refractivity contribution in [3.63, 3.8) is 0 Å². The molecule has 1 heterocycles. The molecular formula is C40H28N2O5. The van der Waals surface area contributed by atoms with E-state index in [2.05, 4.69) is 0 Å². The van der Waals surface area contributed by atoms with E-state index in [0.29, 0.717) is 27.8 Å². The number of nitro benzene ring substituents is 1. The molecule has 2 fully saturated rings. The molecule has 0 aromatic heterocycles. The maximum atomic E-state index is 15.9. The van der Waals surface area contributed by atoms with Gasteiger partial charge >= 0.3 is 0 Å². The van der Waals surface area contributed by atoms with Crippen LogP contribution in [0.4, 0.5) is 11.4 Å². The van der Waals surface area contributed by atoms with Gasteiger partial charge in [-0.3, -0.25) is 24.5 Å². The van der Waals surface area contributed by atoms with Gasteiger partial charge in [0.15, 0.2) is 5.78 Å². The quantitative estimate of drug-likeness (QED) is 0.115. The van der Waals surface area contributed by atoms with Crippen LogP contribution in [0.5, 0.6) is 0 Å². The molecule has 8 rings (SSSR count). The maximum absolute atomic E-state index is 15.9. The molecule has 2 amide bonds. The number of benzene rings is 5. The van der Waals surface area contributed by atoms with Gasteiger partial charge in [0.25, 0.3) is 5.69 Å². The number of ketones is 1. The van der Waals surface area contributed by atoms with Crippen molar-refractivity contribution in [1.82, 2.24) is 0 Å². The van der Waals surface area contributed by atoms with Gasteiger partial charge in [-0.2, -0.15) is 0 Å².